The fourth-order valence-corrected chi connectivity index (χ4v) is 4.84. The van der Waals surface area contributed by atoms with Gasteiger partial charge in [-0.1, -0.05) is 20.8 Å². The van der Waals surface area contributed by atoms with Crippen molar-refractivity contribution in [1.29, 1.82) is 0 Å². The first-order valence-corrected chi connectivity index (χ1v) is 9.42. The van der Waals surface area contributed by atoms with Gasteiger partial charge in [-0.15, -0.1) is 0 Å². The number of carbonyl (C=O) groups is 2. The summed E-state index contributed by atoms with van der Waals surface area (Å²) in [5, 5.41) is 12.9. The maximum Gasteiger partial charge on any atom is 0.408 e. The summed E-state index contributed by atoms with van der Waals surface area (Å²) in [6.45, 7) is 6.38. The summed E-state index contributed by atoms with van der Waals surface area (Å²) in [7, 11) is 0. The molecule has 154 valence electrons. The summed E-state index contributed by atoms with van der Waals surface area (Å²) < 4.78 is 32.8. The highest BCUT2D eigenvalue weighted by atomic mass is 19.1. The van der Waals surface area contributed by atoms with Gasteiger partial charge in [0, 0.05) is 25.8 Å². The maximum absolute atomic E-state index is 13.7. The molecule has 2 atom stereocenters. The number of halogens is 2. The molecule has 2 aliphatic rings. The predicted octanol–water partition coefficient (Wildman–Crippen LogP) is 3.33. The number of carboxylic acid groups (broad SMARTS) is 1. The highest BCUT2D eigenvalue weighted by molar-refractivity contribution is 5.92. The zero-order valence-electron chi connectivity index (χ0n) is 16.3. The number of carbonyl (C=O) groups excluding carboxylic acids is 1. The third-order valence-corrected chi connectivity index (χ3v) is 5.92. The average Bonchev–Trinajstić information content (AvgIpc) is 2.59. The van der Waals surface area contributed by atoms with E-state index in [9.17, 15) is 23.5 Å². The molecule has 0 spiro atoms. The number of benzene rings is 1. The van der Waals surface area contributed by atoms with Crippen LogP contribution >= 0.6 is 0 Å². The van der Waals surface area contributed by atoms with E-state index in [1.165, 1.54) is 4.90 Å². The third-order valence-electron chi connectivity index (χ3n) is 5.92. The summed E-state index contributed by atoms with van der Waals surface area (Å²) in [5.41, 5.74) is -1.80. The Morgan fingerprint density at radius 3 is 2.29 bits per heavy atom. The number of rotatable bonds is 2. The molecule has 2 saturated heterocycles. The van der Waals surface area contributed by atoms with Gasteiger partial charge >= 0.3 is 6.09 Å². The Morgan fingerprint density at radius 1 is 1.21 bits per heavy atom. The predicted molar refractivity (Wildman–Crippen MR) is 97.7 cm³/mol. The van der Waals surface area contributed by atoms with Gasteiger partial charge in [-0.05, 0) is 41.9 Å². The molecular formula is C20H26F2N2O4. The fraction of sp³-hybridized carbons (Fsp3) is 0.600. The van der Waals surface area contributed by atoms with E-state index < -0.39 is 40.6 Å². The molecule has 1 aromatic rings. The Labute approximate surface area is 162 Å². The maximum atomic E-state index is 13.7. The van der Waals surface area contributed by atoms with Crippen LogP contribution in [0.1, 0.15) is 45.2 Å². The Kier molecular flexibility index (Phi) is 5.36. The lowest BCUT2D eigenvalue weighted by Gasteiger charge is -2.57. The molecule has 2 aliphatic heterocycles. The molecule has 1 aromatic carbocycles. The summed E-state index contributed by atoms with van der Waals surface area (Å²) >= 11 is 0. The van der Waals surface area contributed by atoms with Crippen molar-refractivity contribution in [2.45, 2.75) is 45.2 Å². The number of amides is 2. The minimum absolute atomic E-state index is 0.0847. The highest BCUT2D eigenvalue weighted by Crippen LogP contribution is 2.48. The SMILES string of the molecule is CC(C)(C)C1(C2CCOCC2)C(=O)NC(c2cc(F)cc(F)c2)CN1C(=O)O. The van der Waals surface area contributed by atoms with Gasteiger partial charge in [0.05, 0.1) is 6.04 Å². The van der Waals surface area contributed by atoms with Crippen molar-refractivity contribution in [3.8, 4) is 0 Å². The van der Waals surface area contributed by atoms with Gasteiger partial charge in [0.2, 0.25) is 5.91 Å². The van der Waals surface area contributed by atoms with Gasteiger partial charge < -0.3 is 15.2 Å². The Hall–Kier alpha value is -2.22. The zero-order chi connectivity index (χ0) is 20.7. The van der Waals surface area contributed by atoms with Crippen LogP contribution in [-0.2, 0) is 9.53 Å². The Morgan fingerprint density at radius 2 is 1.79 bits per heavy atom. The van der Waals surface area contributed by atoms with Crippen molar-refractivity contribution >= 4 is 12.0 Å². The van der Waals surface area contributed by atoms with Crippen LogP contribution in [0.3, 0.4) is 0 Å². The number of nitrogens with one attached hydrogen (secondary N) is 1. The van der Waals surface area contributed by atoms with Crippen LogP contribution in [-0.4, -0.2) is 47.3 Å². The molecule has 6 nitrogen and oxygen atoms in total. The summed E-state index contributed by atoms with van der Waals surface area (Å²) in [4.78, 5) is 26.9. The quantitative estimate of drug-likeness (QED) is 0.804. The highest BCUT2D eigenvalue weighted by Gasteiger charge is 2.62. The second-order valence-electron chi connectivity index (χ2n) is 8.53. The Bertz CT molecular complexity index is 754. The fourth-order valence-electron chi connectivity index (χ4n) is 4.84. The molecule has 0 aromatic heterocycles. The summed E-state index contributed by atoms with van der Waals surface area (Å²) in [5.74, 6) is -2.20. The van der Waals surface area contributed by atoms with E-state index in [1.54, 1.807) is 0 Å². The molecule has 8 heteroatoms. The molecule has 2 unspecified atom stereocenters. The molecule has 28 heavy (non-hydrogen) atoms. The van der Waals surface area contributed by atoms with E-state index in [0.29, 0.717) is 26.1 Å². The minimum Gasteiger partial charge on any atom is -0.465 e. The van der Waals surface area contributed by atoms with E-state index in [-0.39, 0.29) is 18.0 Å². The number of ether oxygens (including phenoxy) is 1. The van der Waals surface area contributed by atoms with Crippen LogP contribution in [0.4, 0.5) is 13.6 Å². The van der Waals surface area contributed by atoms with Gasteiger partial charge in [-0.3, -0.25) is 9.69 Å². The summed E-state index contributed by atoms with van der Waals surface area (Å²) in [6, 6.07) is 2.15. The van der Waals surface area contributed by atoms with Crippen molar-refractivity contribution in [3.05, 3.63) is 35.4 Å². The molecule has 2 fully saturated rings. The molecular weight excluding hydrogens is 370 g/mol. The number of hydrogen-bond acceptors (Lipinski definition) is 3. The first-order chi connectivity index (χ1) is 13.1. The van der Waals surface area contributed by atoms with Crippen molar-refractivity contribution in [1.82, 2.24) is 10.2 Å². The molecule has 2 amide bonds. The molecule has 3 rings (SSSR count). The van der Waals surface area contributed by atoms with Crippen LogP contribution < -0.4 is 5.32 Å². The van der Waals surface area contributed by atoms with E-state index >= 15 is 0 Å². The van der Waals surface area contributed by atoms with Crippen LogP contribution in [0.25, 0.3) is 0 Å². The first-order valence-electron chi connectivity index (χ1n) is 9.42. The lowest BCUT2D eigenvalue weighted by molar-refractivity contribution is -0.159. The number of piperazine rings is 1. The minimum atomic E-state index is -1.30. The standard InChI is InChI=1S/C20H26F2N2O4/c1-19(2,3)20(13-4-6-28-7-5-13)17(25)23-16(11-24(20)18(26)27)12-8-14(21)10-15(22)9-12/h8-10,13,16H,4-7,11H2,1-3H3,(H,23,25)(H,26,27). The lowest BCUT2D eigenvalue weighted by atomic mass is 9.61. The van der Waals surface area contributed by atoms with Crippen LogP contribution in [0.15, 0.2) is 18.2 Å². The second kappa shape index (κ2) is 7.31. The molecule has 0 bridgehead atoms. The molecule has 0 saturated carbocycles. The van der Waals surface area contributed by atoms with E-state index in [0.717, 1.165) is 18.2 Å². The number of nitrogens with zero attached hydrogens (tertiary/aromatic N) is 1. The lowest BCUT2D eigenvalue weighted by Crippen LogP contribution is -2.75. The largest absolute Gasteiger partial charge is 0.465 e. The van der Waals surface area contributed by atoms with Crippen molar-refractivity contribution in [2.75, 3.05) is 19.8 Å². The van der Waals surface area contributed by atoms with E-state index in [4.69, 9.17) is 4.74 Å². The molecule has 2 heterocycles. The zero-order valence-corrected chi connectivity index (χ0v) is 16.3. The molecule has 0 radical (unpaired) electrons. The second-order valence-corrected chi connectivity index (χ2v) is 8.53. The van der Waals surface area contributed by atoms with Crippen molar-refractivity contribution < 1.29 is 28.2 Å². The van der Waals surface area contributed by atoms with Gasteiger partial charge in [-0.25, -0.2) is 13.6 Å². The molecule has 0 aliphatic carbocycles. The third kappa shape index (κ3) is 3.34. The molecule has 2 N–H and O–H groups in total. The van der Waals surface area contributed by atoms with Gasteiger partial charge in [0.25, 0.3) is 0 Å². The normalized spacial score (nSPS) is 26.8. The van der Waals surface area contributed by atoms with Crippen LogP contribution in [0, 0.1) is 23.0 Å². The topological polar surface area (TPSA) is 78.9 Å². The Balaban J connectivity index is 2.06. The van der Waals surface area contributed by atoms with Crippen LogP contribution in [0.2, 0.25) is 0 Å². The van der Waals surface area contributed by atoms with E-state index in [2.05, 4.69) is 5.32 Å². The van der Waals surface area contributed by atoms with Crippen molar-refractivity contribution in [2.24, 2.45) is 11.3 Å². The smallest absolute Gasteiger partial charge is 0.408 e. The van der Waals surface area contributed by atoms with Gasteiger partial charge in [0.15, 0.2) is 0 Å². The number of hydrogen-bond donors (Lipinski definition) is 2. The summed E-state index contributed by atoms with van der Waals surface area (Å²) in [6.07, 6.45) is -0.0975. The van der Waals surface area contributed by atoms with E-state index in [1.807, 2.05) is 20.8 Å². The van der Waals surface area contributed by atoms with Gasteiger partial charge in [-0.2, -0.15) is 0 Å². The first kappa shape index (κ1) is 20.5. The van der Waals surface area contributed by atoms with Crippen molar-refractivity contribution in [3.63, 3.8) is 0 Å². The average molecular weight is 396 g/mol. The van der Waals surface area contributed by atoms with Gasteiger partial charge in [0.1, 0.15) is 17.2 Å². The monoisotopic (exact) mass is 396 g/mol. The van der Waals surface area contributed by atoms with Crippen LogP contribution in [0.5, 0.6) is 0 Å².